The Labute approximate surface area is 105 Å². The quantitative estimate of drug-likeness (QED) is 0.777. The number of ketones is 1. The summed E-state index contributed by atoms with van der Waals surface area (Å²) in [6.45, 7) is 4.57. The van der Waals surface area contributed by atoms with Gasteiger partial charge in [0.1, 0.15) is 5.82 Å². The van der Waals surface area contributed by atoms with E-state index in [4.69, 9.17) is 0 Å². The number of rotatable bonds is 4. The molecule has 0 fully saturated rings. The van der Waals surface area contributed by atoms with Gasteiger partial charge in [-0.25, -0.2) is 4.39 Å². The highest BCUT2D eigenvalue weighted by Crippen LogP contribution is 2.13. The zero-order valence-corrected chi connectivity index (χ0v) is 10.5. The van der Waals surface area contributed by atoms with E-state index in [1.54, 1.807) is 23.0 Å². The molecule has 94 valence electrons. The summed E-state index contributed by atoms with van der Waals surface area (Å²) in [7, 11) is 0. The van der Waals surface area contributed by atoms with E-state index in [9.17, 15) is 9.18 Å². The Balaban J connectivity index is 2.19. The summed E-state index contributed by atoms with van der Waals surface area (Å²) >= 11 is 0. The zero-order valence-electron chi connectivity index (χ0n) is 10.5. The molecule has 0 radical (unpaired) electrons. The van der Waals surface area contributed by atoms with E-state index < -0.39 is 5.82 Å². The number of aromatic nitrogens is 2. The Morgan fingerprint density at radius 2 is 2.22 bits per heavy atom. The lowest BCUT2D eigenvalue weighted by molar-refractivity contribution is 0.0989. The van der Waals surface area contributed by atoms with E-state index >= 15 is 0 Å². The van der Waals surface area contributed by atoms with Crippen LogP contribution in [0.3, 0.4) is 0 Å². The van der Waals surface area contributed by atoms with Crippen LogP contribution < -0.4 is 0 Å². The molecule has 18 heavy (non-hydrogen) atoms. The van der Waals surface area contributed by atoms with Crippen molar-refractivity contribution >= 4 is 5.78 Å². The lowest BCUT2D eigenvalue weighted by Gasteiger charge is -2.02. The average molecular weight is 246 g/mol. The van der Waals surface area contributed by atoms with Crippen LogP contribution in [0.2, 0.25) is 0 Å². The standard InChI is InChI=1S/C14H15FN2O/c1-3-17-9-11(8-16-17)7-14(18)12-6-10(2)4-5-13(12)15/h4-6,8-9H,3,7H2,1-2H3. The molecule has 0 aliphatic carbocycles. The number of halogens is 1. The van der Waals surface area contributed by atoms with E-state index in [2.05, 4.69) is 5.10 Å². The van der Waals surface area contributed by atoms with Crippen LogP contribution in [0.4, 0.5) is 4.39 Å². The van der Waals surface area contributed by atoms with Gasteiger partial charge >= 0.3 is 0 Å². The van der Waals surface area contributed by atoms with Crippen LogP contribution in [-0.2, 0) is 13.0 Å². The summed E-state index contributed by atoms with van der Waals surface area (Å²) in [6.07, 6.45) is 3.64. The molecular weight excluding hydrogens is 231 g/mol. The van der Waals surface area contributed by atoms with Gasteiger partial charge in [0.25, 0.3) is 0 Å². The van der Waals surface area contributed by atoms with E-state index in [0.717, 1.165) is 17.7 Å². The first kappa shape index (κ1) is 12.5. The molecule has 1 aromatic heterocycles. The fraction of sp³-hybridized carbons (Fsp3) is 0.286. The van der Waals surface area contributed by atoms with Crippen LogP contribution in [-0.4, -0.2) is 15.6 Å². The number of hydrogen-bond acceptors (Lipinski definition) is 2. The van der Waals surface area contributed by atoms with Crippen LogP contribution in [0.1, 0.15) is 28.4 Å². The number of benzene rings is 1. The van der Waals surface area contributed by atoms with Crippen molar-refractivity contribution in [3.05, 3.63) is 53.1 Å². The molecule has 0 saturated heterocycles. The molecule has 1 heterocycles. The van der Waals surface area contributed by atoms with Crippen molar-refractivity contribution < 1.29 is 9.18 Å². The lowest BCUT2D eigenvalue weighted by Crippen LogP contribution is -2.06. The van der Waals surface area contributed by atoms with Gasteiger partial charge in [0.15, 0.2) is 5.78 Å². The third-order valence-electron chi connectivity index (χ3n) is 2.80. The van der Waals surface area contributed by atoms with Crippen LogP contribution in [0.5, 0.6) is 0 Å². The molecule has 3 nitrogen and oxygen atoms in total. The smallest absolute Gasteiger partial charge is 0.170 e. The van der Waals surface area contributed by atoms with Gasteiger partial charge < -0.3 is 0 Å². The molecule has 0 unspecified atom stereocenters. The lowest BCUT2D eigenvalue weighted by atomic mass is 10.0. The normalized spacial score (nSPS) is 10.6. The molecule has 0 atom stereocenters. The van der Waals surface area contributed by atoms with Gasteiger partial charge in [0, 0.05) is 19.2 Å². The van der Waals surface area contributed by atoms with Crippen molar-refractivity contribution in [3.8, 4) is 0 Å². The van der Waals surface area contributed by atoms with Gasteiger partial charge in [-0.15, -0.1) is 0 Å². The predicted octanol–water partition coefficient (Wildman–Crippen LogP) is 2.78. The predicted molar refractivity (Wildman–Crippen MR) is 67.1 cm³/mol. The van der Waals surface area contributed by atoms with Gasteiger partial charge in [-0.2, -0.15) is 5.10 Å². The van der Waals surface area contributed by atoms with Gasteiger partial charge in [-0.05, 0) is 31.5 Å². The first-order valence-corrected chi connectivity index (χ1v) is 5.91. The molecule has 0 amide bonds. The average Bonchev–Trinajstić information content (AvgIpc) is 2.80. The van der Waals surface area contributed by atoms with Crippen LogP contribution in [0.15, 0.2) is 30.6 Å². The largest absolute Gasteiger partial charge is 0.294 e. The van der Waals surface area contributed by atoms with E-state index in [0.29, 0.717) is 0 Å². The number of aryl methyl sites for hydroxylation is 2. The maximum Gasteiger partial charge on any atom is 0.170 e. The Kier molecular flexibility index (Phi) is 3.55. The van der Waals surface area contributed by atoms with Gasteiger partial charge in [-0.3, -0.25) is 9.48 Å². The Morgan fingerprint density at radius 3 is 2.89 bits per heavy atom. The molecular formula is C14H15FN2O. The molecule has 1 aromatic carbocycles. The monoisotopic (exact) mass is 246 g/mol. The molecule has 4 heteroatoms. The Morgan fingerprint density at radius 1 is 1.44 bits per heavy atom. The molecule has 0 saturated carbocycles. The van der Waals surface area contributed by atoms with Crippen LogP contribution in [0.25, 0.3) is 0 Å². The Hall–Kier alpha value is -1.97. The van der Waals surface area contributed by atoms with Crippen molar-refractivity contribution in [2.45, 2.75) is 26.8 Å². The minimum Gasteiger partial charge on any atom is -0.294 e. The van der Waals surface area contributed by atoms with Gasteiger partial charge in [0.05, 0.1) is 11.8 Å². The molecule has 2 rings (SSSR count). The van der Waals surface area contributed by atoms with Crippen LogP contribution in [0, 0.1) is 12.7 Å². The summed E-state index contributed by atoms with van der Waals surface area (Å²) in [5.41, 5.74) is 1.84. The minimum atomic E-state index is -0.464. The molecule has 0 N–H and O–H groups in total. The highest BCUT2D eigenvalue weighted by molar-refractivity contribution is 5.97. The van der Waals surface area contributed by atoms with Crippen molar-refractivity contribution in [2.24, 2.45) is 0 Å². The first-order valence-electron chi connectivity index (χ1n) is 5.91. The van der Waals surface area contributed by atoms with Crippen molar-refractivity contribution in [2.75, 3.05) is 0 Å². The number of carbonyl (C=O) groups is 1. The number of carbonyl (C=O) groups excluding carboxylic acids is 1. The second-order valence-electron chi connectivity index (χ2n) is 4.29. The maximum absolute atomic E-state index is 13.6. The summed E-state index contributed by atoms with van der Waals surface area (Å²) < 4.78 is 15.3. The highest BCUT2D eigenvalue weighted by Gasteiger charge is 2.13. The fourth-order valence-corrected chi connectivity index (χ4v) is 1.80. The van der Waals surface area contributed by atoms with E-state index in [-0.39, 0.29) is 17.8 Å². The summed E-state index contributed by atoms with van der Waals surface area (Å²) in [4.78, 5) is 12.0. The second kappa shape index (κ2) is 5.12. The van der Waals surface area contributed by atoms with E-state index in [1.165, 1.54) is 6.07 Å². The maximum atomic E-state index is 13.6. The van der Waals surface area contributed by atoms with E-state index in [1.807, 2.05) is 20.0 Å². The third kappa shape index (κ3) is 2.64. The molecule has 2 aromatic rings. The topological polar surface area (TPSA) is 34.9 Å². The number of hydrogen-bond donors (Lipinski definition) is 0. The van der Waals surface area contributed by atoms with Gasteiger partial charge in [-0.1, -0.05) is 11.6 Å². The number of nitrogens with zero attached hydrogens (tertiary/aromatic N) is 2. The zero-order chi connectivity index (χ0) is 13.1. The van der Waals surface area contributed by atoms with Crippen molar-refractivity contribution in [3.63, 3.8) is 0 Å². The van der Waals surface area contributed by atoms with Crippen molar-refractivity contribution in [1.82, 2.24) is 9.78 Å². The summed E-state index contributed by atoms with van der Waals surface area (Å²) in [5.74, 6) is -0.680. The molecule has 0 aliphatic rings. The third-order valence-corrected chi connectivity index (χ3v) is 2.80. The molecule has 0 spiro atoms. The minimum absolute atomic E-state index is 0.152. The fourth-order valence-electron chi connectivity index (χ4n) is 1.80. The first-order chi connectivity index (χ1) is 8.60. The number of Topliss-reactive ketones (excluding diaryl/α,β-unsaturated/α-hetero) is 1. The molecule has 0 aliphatic heterocycles. The van der Waals surface area contributed by atoms with Crippen LogP contribution >= 0.6 is 0 Å². The molecule has 0 bridgehead atoms. The summed E-state index contributed by atoms with van der Waals surface area (Å²) in [5, 5.41) is 4.09. The Bertz CT molecular complexity index is 575. The highest BCUT2D eigenvalue weighted by atomic mass is 19.1. The SMILES string of the molecule is CCn1cc(CC(=O)c2cc(C)ccc2F)cn1. The second-order valence-corrected chi connectivity index (χ2v) is 4.29. The summed E-state index contributed by atoms with van der Waals surface area (Å²) in [6, 6.07) is 4.57. The van der Waals surface area contributed by atoms with Gasteiger partial charge in [0.2, 0.25) is 0 Å². The van der Waals surface area contributed by atoms with Crippen molar-refractivity contribution in [1.29, 1.82) is 0 Å².